The van der Waals surface area contributed by atoms with Gasteiger partial charge in [-0.05, 0) is 42.8 Å². The smallest absolute Gasteiger partial charge is 0.178 e. The van der Waals surface area contributed by atoms with Crippen LogP contribution in [-0.2, 0) is 9.84 Å². The van der Waals surface area contributed by atoms with Gasteiger partial charge in [-0.1, -0.05) is 19.1 Å². The van der Waals surface area contributed by atoms with Gasteiger partial charge in [0.25, 0.3) is 0 Å². The van der Waals surface area contributed by atoms with Crippen molar-refractivity contribution in [1.82, 2.24) is 10.2 Å². The summed E-state index contributed by atoms with van der Waals surface area (Å²) < 4.78 is 23.7. The molecule has 0 saturated heterocycles. The van der Waals surface area contributed by atoms with Crippen molar-refractivity contribution < 1.29 is 8.42 Å². The summed E-state index contributed by atoms with van der Waals surface area (Å²) in [4.78, 5) is 0.371. The highest BCUT2D eigenvalue weighted by Gasteiger charge is 2.12. The summed E-state index contributed by atoms with van der Waals surface area (Å²) in [6.07, 6.45) is 1.79. The molecule has 0 aliphatic heterocycles. The Hall–Kier alpha value is -2.34. The van der Waals surface area contributed by atoms with E-state index < -0.39 is 9.84 Å². The molecular formula is C17H19N3O2S. The molecule has 1 heterocycles. The van der Waals surface area contributed by atoms with E-state index in [0.29, 0.717) is 4.90 Å². The van der Waals surface area contributed by atoms with E-state index in [1.54, 1.807) is 25.3 Å². The molecule has 120 valence electrons. The molecule has 0 aliphatic carbocycles. The second kappa shape index (κ2) is 6.04. The molecule has 6 heteroatoms. The number of hydrogen-bond acceptors (Lipinski definition) is 4. The van der Waals surface area contributed by atoms with E-state index in [9.17, 15) is 8.42 Å². The first-order chi connectivity index (χ1) is 11.0. The van der Waals surface area contributed by atoms with Crippen molar-refractivity contribution in [2.24, 2.45) is 0 Å². The monoisotopic (exact) mass is 329 g/mol. The summed E-state index contributed by atoms with van der Waals surface area (Å²) in [6, 6.07) is 13.1. The zero-order chi connectivity index (χ0) is 16.4. The number of aromatic amines is 1. The Labute approximate surface area is 135 Å². The third-order valence-electron chi connectivity index (χ3n) is 3.94. The highest BCUT2D eigenvalue weighted by atomic mass is 32.2. The van der Waals surface area contributed by atoms with E-state index in [4.69, 9.17) is 0 Å². The number of anilines is 1. The fourth-order valence-electron chi connectivity index (χ4n) is 2.50. The first-order valence-electron chi connectivity index (χ1n) is 7.52. The average molecular weight is 329 g/mol. The van der Waals surface area contributed by atoms with Gasteiger partial charge in [0.1, 0.15) is 0 Å². The molecular weight excluding hydrogens is 310 g/mol. The number of rotatable bonds is 5. The number of H-pyrrole nitrogens is 1. The van der Waals surface area contributed by atoms with Crippen molar-refractivity contribution in [2.75, 3.05) is 11.1 Å². The maximum atomic E-state index is 11.8. The van der Waals surface area contributed by atoms with E-state index in [1.807, 2.05) is 37.3 Å². The average Bonchev–Trinajstić information content (AvgIpc) is 3.02. The molecule has 2 N–H and O–H groups in total. The standard InChI is InChI=1S/C17H19N3O2S/c1-3-23(21,22)16-7-4-13(5-8-16)12(2)19-15-6-9-17-14(10-15)11-18-20-17/h4-12,19H,3H2,1-2H3,(H,18,20)/t12-/m1/s1. The molecule has 0 bridgehead atoms. The molecule has 5 nitrogen and oxygen atoms in total. The van der Waals surface area contributed by atoms with E-state index in [-0.39, 0.29) is 11.8 Å². The van der Waals surface area contributed by atoms with E-state index in [0.717, 1.165) is 22.2 Å². The summed E-state index contributed by atoms with van der Waals surface area (Å²) in [5.41, 5.74) is 3.03. The van der Waals surface area contributed by atoms with Gasteiger partial charge in [0, 0.05) is 17.1 Å². The molecule has 1 aromatic heterocycles. The Morgan fingerprint density at radius 2 is 1.91 bits per heavy atom. The predicted octanol–water partition coefficient (Wildman–Crippen LogP) is 3.53. The fourth-order valence-corrected chi connectivity index (χ4v) is 3.38. The topological polar surface area (TPSA) is 74.8 Å². The van der Waals surface area contributed by atoms with Gasteiger partial charge in [0.2, 0.25) is 0 Å². The lowest BCUT2D eigenvalue weighted by Crippen LogP contribution is -2.08. The summed E-state index contributed by atoms with van der Waals surface area (Å²) in [6.45, 7) is 3.70. The van der Waals surface area contributed by atoms with Crippen LogP contribution in [0.1, 0.15) is 25.5 Å². The van der Waals surface area contributed by atoms with Crippen LogP contribution < -0.4 is 5.32 Å². The van der Waals surface area contributed by atoms with Gasteiger partial charge in [-0.2, -0.15) is 5.10 Å². The van der Waals surface area contributed by atoms with Crippen LogP contribution in [0, 0.1) is 0 Å². The maximum Gasteiger partial charge on any atom is 0.178 e. The number of fused-ring (bicyclic) bond motifs is 1. The largest absolute Gasteiger partial charge is 0.379 e. The minimum Gasteiger partial charge on any atom is -0.379 e. The molecule has 0 radical (unpaired) electrons. The second-order valence-electron chi connectivity index (χ2n) is 5.51. The van der Waals surface area contributed by atoms with Gasteiger partial charge in [-0.25, -0.2) is 8.42 Å². The molecule has 0 spiro atoms. The van der Waals surface area contributed by atoms with Crippen LogP contribution in [0.25, 0.3) is 10.9 Å². The summed E-state index contributed by atoms with van der Waals surface area (Å²) in [5, 5.41) is 11.4. The lowest BCUT2D eigenvalue weighted by Gasteiger charge is -2.16. The summed E-state index contributed by atoms with van der Waals surface area (Å²) >= 11 is 0. The number of sulfone groups is 1. The number of aromatic nitrogens is 2. The van der Waals surface area contributed by atoms with Gasteiger partial charge < -0.3 is 5.32 Å². The molecule has 0 fully saturated rings. The van der Waals surface area contributed by atoms with E-state index >= 15 is 0 Å². The zero-order valence-corrected chi connectivity index (χ0v) is 13.9. The second-order valence-corrected chi connectivity index (χ2v) is 7.79. The molecule has 0 unspecified atom stereocenters. The van der Waals surface area contributed by atoms with Gasteiger partial charge in [0.05, 0.1) is 22.4 Å². The maximum absolute atomic E-state index is 11.8. The highest BCUT2D eigenvalue weighted by molar-refractivity contribution is 7.91. The van der Waals surface area contributed by atoms with Crippen molar-refractivity contribution in [1.29, 1.82) is 0 Å². The molecule has 0 saturated carbocycles. The molecule has 23 heavy (non-hydrogen) atoms. The highest BCUT2D eigenvalue weighted by Crippen LogP contribution is 2.23. The SMILES string of the molecule is CCS(=O)(=O)c1ccc([C@@H](C)Nc2ccc3[nH]ncc3c2)cc1. The minimum absolute atomic E-state index is 0.0673. The van der Waals surface area contributed by atoms with Crippen molar-refractivity contribution in [3.63, 3.8) is 0 Å². The molecule has 2 aromatic carbocycles. The van der Waals surface area contributed by atoms with Gasteiger partial charge in [0.15, 0.2) is 9.84 Å². The number of hydrogen-bond donors (Lipinski definition) is 2. The Bertz CT molecular complexity index is 914. The zero-order valence-electron chi connectivity index (χ0n) is 13.1. The van der Waals surface area contributed by atoms with Crippen LogP contribution in [0.15, 0.2) is 53.6 Å². The van der Waals surface area contributed by atoms with Crippen LogP contribution >= 0.6 is 0 Å². The number of nitrogens with one attached hydrogen (secondary N) is 2. The molecule has 1 atom stereocenters. The lowest BCUT2D eigenvalue weighted by molar-refractivity contribution is 0.597. The van der Waals surface area contributed by atoms with Crippen LogP contribution in [0.4, 0.5) is 5.69 Å². The summed E-state index contributed by atoms with van der Waals surface area (Å²) in [5.74, 6) is 0.116. The summed E-state index contributed by atoms with van der Waals surface area (Å²) in [7, 11) is -3.15. The normalized spacial score (nSPS) is 13.1. The quantitative estimate of drug-likeness (QED) is 0.751. The Morgan fingerprint density at radius 1 is 1.17 bits per heavy atom. The number of benzene rings is 2. The number of nitrogens with zero attached hydrogens (tertiary/aromatic N) is 1. The third-order valence-corrected chi connectivity index (χ3v) is 5.69. The Kier molecular flexibility index (Phi) is 4.09. The lowest BCUT2D eigenvalue weighted by atomic mass is 10.1. The predicted molar refractivity (Wildman–Crippen MR) is 92.3 cm³/mol. The van der Waals surface area contributed by atoms with Gasteiger partial charge in [-0.3, -0.25) is 5.10 Å². The van der Waals surface area contributed by atoms with E-state index in [1.165, 1.54) is 0 Å². The van der Waals surface area contributed by atoms with Crippen LogP contribution in [-0.4, -0.2) is 24.4 Å². The van der Waals surface area contributed by atoms with Crippen LogP contribution in [0.3, 0.4) is 0 Å². The Balaban J connectivity index is 1.78. The van der Waals surface area contributed by atoms with E-state index in [2.05, 4.69) is 15.5 Å². The first-order valence-corrected chi connectivity index (χ1v) is 9.17. The van der Waals surface area contributed by atoms with Crippen molar-refractivity contribution in [3.05, 3.63) is 54.2 Å². The third kappa shape index (κ3) is 3.22. The molecule has 3 rings (SSSR count). The molecule has 3 aromatic rings. The van der Waals surface area contributed by atoms with Crippen LogP contribution in [0.2, 0.25) is 0 Å². The molecule has 0 amide bonds. The Morgan fingerprint density at radius 3 is 2.61 bits per heavy atom. The van der Waals surface area contributed by atoms with Crippen molar-refractivity contribution >= 4 is 26.4 Å². The fraction of sp³-hybridized carbons (Fsp3) is 0.235. The van der Waals surface area contributed by atoms with Crippen LogP contribution in [0.5, 0.6) is 0 Å². The van der Waals surface area contributed by atoms with Crippen molar-refractivity contribution in [3.8, 4) is 0 Å². The minimum atomic E-state index is -3.15. The van der Waals surface area contributed by atoms with Gasteiger partial charge >= 0.3 is 0 Å². The molecule has 0 aliphatic rings. The van der Waals surface area contributed by atoms with Crippen molar-refractivity contribution in [2.45, 2.75) is 24.8 Å². The van der Waals surface area contributed by atoms with Gasteiger partial charge in [-0.15, -0.1) is 0 Å². The first kappa shape index (κ1) is 15.6.